The molecular formula is C28H21ClN4O4S. The maximum absolute atomic E-state index is 13.2. The Morgan fingerprint density at radius 3 is 2.55 bits per heavy atom. The minimum Gasteiger partial charge on any atom is -0.492 e. The normalized spacial score (nSPS) is 13.2. The van der Waals surface area contributed by atoms with E-state index in [1.54, 1.807) is 48.5 Å². The first kappa shape index (κ1) is 25.2. The van der Waals surface area contributed by atoms with Gasteiger partial charge in [0, 0.05) is 22.2 Å². The minimum atomic E-state index is -0.668. The summed E-state index contributed by atoms with van der Waals surface area (Å²) in [5.41, 5.74) is 2.67. The number of hydrogen-bond donors (Lipinski definition) is 2. The average molecular weight is 545 g/mol. The van der Waals surface area contributed by atoms with Crippen molar-refractivity contribution in [3.05, 3.63) is 101 Å². The summed E-state index contributed by atoms with van der Waals surface area (Å²) < 4.78 is 5.58. The molecule has 5 rings (SSSR count). The van der Waals surface area contributed by atoms with Gasteiger partial charge >= 0.3 is 0 Å². The number of carbonyl (C=O) groups is 3. The maximum atomic E-state index is 13.2. The molecule has 8 nitrogen and oxygen atoms in total. The van der Waals surface area contributed by atoms with Crippen molar-refractivity contribution >= 4 is 57.2 Å². The number of anilines is 3. The number of rotatable bonds is 8. The van der Waals surface area contributed by atoms with E-state index < -0.39 is 11.8 Å². The van der Waals surface area contributed by atoms with Gasteiger partial charge in [0.25, 0.3) is 17.7 Å². The Hall–Kier alpha value is -4.47. The fourth-order valence-electron chi connectivity index (χ4n) is 3.87. The molecule has 1 aromatic heterocycles. The molecule has 0 fully saturated rings. The molecule has 38 heavy (non-hydrogen) atoms. The fraction of sp³-hybridized carbons (Fsp3) is 0.0714. The van der Waals surface area contributed by atoms with Crippen LogP contribution in [0.5, 0.6) is 5.75 Å². The van der Waals surface area contributed by atoms with E-state index in [-0.39, 0.29) is 16.6 Å². The van der Waals surface area contributed by atoms with E-state index in [1.165, 1.54) is 11.3 Å². The summed E-state index contributed by atoms with van der Waals surface area (Å²) in [7, 11) is 0. The first-order chi connectivity index (χ1) is 18.5. The summed E-state index contributed by atoms with van der Waals surface area (Å²) in [5.74, 6) is -1.28. The van der Waals surface area contributed by atoms with Crippen LogP contribution in [0.3, 0.4) is 0 Å². The Labute approximate surface area is 227 Å². The number of halogens is 1. The van der Waals surface area contributed by atoms with Crippen LogP contribution >= 0.6 is 22.9 Å². The number of thiazole rings is 1. The number of hydrogen-bond acceptors (Lipinski definition) is 7. The summed E-state index contributed by atoms with van der Waals surface area (Å²) >= 11 is 7.61. The van der Waals surface area contributed by atoms with E-state index in [2.05, 4.69) is 15.6 Å². The molecule has 0 saturated carbocycles. The summed E-state index contributed by atoms with van der Waals surface area (Å²) in [6.07, 6.45) is 0. The lowest BCUT2D eigenvalue weighted by atomic mass is 10.2. The first-order valence-corrected chi connectivity index (χ1v) is 12.9. The fourth-order valence-corrected chi connectivity index (χ4v) is 4.80. The molecule has 3 amide bonds. The Morgan fingerprint density at radius 1 is 1.00 bits per heavy atom. The molecule has 0 aliphatic carbocycles. The van der Waals surface area contributed by atoms with Gasteiger partial charge in [0.1, 0.15) is 16.5 Å². The maximum Gasteiger partial charge on any atom is 0.283 e. The number of amides is 3. The lowest BCUT2D eigenvalue weighted by molar-refractivity contribution is -0.120. The van der Waals surface area contributed by atoms with Crippen molar-refractivity contribution in [1.82, 2.24) is 4.98 Å². The van der Waals surface area contributed by atoms with Crippen molar-refractivity contribution in [2.75, 3.05) is 22.1 Å². The topological polar surface area (TPSA) is 101 Å². The quantitative estimate of drug-likeness (QED) is 0.268. The summed E-state index contributed by atoms with van der Waals surface area (Å²) in [6, 6.07) is 22.9. The van der Waals surface area contributed by atoms with Crippen LogP contribution in [-0.2, 0) is 9.59 Å². The smallest absolute Gasteiger partial charge is 0.283 e. The van der Waals surface area contributed by atoms with E-state index in [1.807, 2.05) is 42.6 Å². The van der Waals surface area contributed by atoms with Gasteiger partial charge in [0.2, 0.25) is 0 Å². The molecule has 0 unspecified atom stereocenters. The van der Waals surface area contributed by atoms with Gasteiger partial charge in [0.15, 0.2) is 5.13 Å². The number of ether oxygens (including phenoxy) is 1. The van der Waals surface area contributed by atoms with Crippen LogP contribution in [0, 0.1) is 0 Å². The highest BCUT2D eigenvalue weighted by Crippen LogP contribution is 2.35. The monoisotopic (exact) mass is 544 g/mol. The van der Waals surface area contributed by atoms with Crippen LogP contribution in [-0.4, -0.2) is 29.3 Å². The number of nitrogens with zero attached hydrogens (tertiary/aromatic N) is 2. The van der Waals surface area contributed by atoms with E-state index in [4.69, 9.17) is 16.3 Å². The third-order valence-electron chi connectivity index (χ3n) is 5.62. The van der Waals surface area contributed by atoms with Gasteiger partial charge < -0.3 is 10.1 Å². The van der Waals surface area contributed by atoms with Crippen molar-refractivity contribution in [1.29, 1.82) is 0 Å². The third-order valence-corrected chi connectivity index (χ3v) is 6.73. The average Bonchev–Trinajstić information content (AvgIpc) is 3.48. The summed E-state index contributed by atoms with van der Waals surface area (Å²) in [6.45, 7) is 2.17. The van der Waals surface area contributed by atoms with Gasteiger partial charge in [-0.15, -0.1) is 11.3 Å². The van der Waals surface area contributed by atoms with Crippen molar-refractivity contribution in [3.63, 3.8) is 0 Å². The second-order valence-electron chi connectivity index (χ2n) is 8.10. The third kappa shape index (κ3) is 5.02. The highest BCUT2D eigenvalue weighted by atomic mass is 35.5. The number of aromatic nitrogens is 1. The highest BCUT2D eigenvalue weighted by molar-refractivity contribution is 7.14. The molecule has 1 aliphatic rings. The molecule has 0 radical (unpaired) electrons. The zero-order valence-electron chi connectivity index (χ0n) is 20.1. The predicted molar refractivity (Wildman–Crippen MR) is 149 cm³/mol. The molecule has 190 valence electrons. The number of carbonyl (C=O) groups excluding carboxylic acids is 3. The SMILES string of the molecule is CCOc1ccccc1N1C(=O)C(Cl)=C(Nc2cccc(C(=O)Nc3nc(-c4ccccc4)cs3)c2)C1=O. The van der Waals surface area contributed by atoms with Gasteiger partial charge in [-0.1, -0.05) is 60.1 Å². The van der Waals surface area contributed by atoms with Gasteiger partial charge in [-0.05, 0) is 37.3 Å². The van der Waals surface area contributed by atoms with E-state index >= 15 is 0 Å². The van der Waals surface area contributed by atoms with Crippen molar-refractivity contribution in [3.8, 4) is 17.0 Å². The van der Waals surface area contributed by atoms with Crippen LogP contribution < -0.4 is 20.3 Å². The van der Waals surface area contributed by atoms with Crippen LogP contribution in [0.4, 0.5) is 16.5 Å². The molecule has 0 saturated heterocycles. The Bertz CT molecular complexity index is 1570. The summed E-state index contributed by atoms with van der Waals surface area (Å²) in [5, 5.41) is 7.78. The Kier molecular flexibility index (Phi) is 7.21. The zero-order valence-corrected chi connectivity index (χ0v) is 21.7. The molecule has 3 aromatic carbocycles. The predicted octanol–water partition coefficient (Wildman–Crippen LogP) is 5.90. The van der Waals surface area contributed by atoms with Crippen LogP contribution in [0.25, 0.3) is 11.3 Å². The molecule has 10 heteroatoms. The number of nitrogens with one attached hydrogen (secondary N) is 2. The lowest BCUT2D eigenvalue weighted by Gasteiger charge is -2.18. The standard InChI is InChI=1S/C28H21ClN4O4S/c1-2-37-22-14-7-6-13-21(22)33-26(35)23(29)24(27(33)36)30-19-12-8-11-18(15-19)25(34)32-28-31-20(16-38-28)17-9-4-3-5-10-17/h3-16,30H,2H2,1H3,(H,31,32,34). The molecule has 4 aromatic rings. The van der Waals surface area contributed by atoms with Crippen LogP contribution in [0.1, 0.15) is 17.3 Å². The summed E-state index contributed by atoms with van der Waals surface area (Å²) in [4.78, 5) is 44.5. The van der Waals surface area contributed by atoms with E-state index in [9.17, 15) is 14.4 Å². The molecule has 2 heterocycles. The van der Waals surface area contributed by atoms with Crippen molar-refractivity contribution in [2.24, 2.45) is 0 Å². The van der Waals surface area contributed by atoms with Gasteiger partial charge in [-0.2, -0.15) is 0 Å². The van der Waals surface area contributed by atoms with Gasteiger partial charge in [-0.25, -0.2) is 9.88 Å². The number of benzene rings is 3. The van der Waals surface area contributed by atoms with Crippen molar-refractivity contribution < 1.29 is 19.1 Å². The van der Waals surface area contributed by atoms with E-state index in [0.29, 0.717) is 34.4 Å². The Balaban J connectivity index is 1.32. The van der Waals surface area contributed by atoms with Crippen molar-refractivity contribution in [2.45, 2.75) is 6.92 Å². The molecule has 2 N–H and O–H groups in total. The highest BCUT2D eigenvalue weighted by Gasteiger charge is 2.40. The zero-order chi connectivity index (χ0) is 26.6. The Morgan fingerprint density at radius 2 is 1.76 bits per heavy atom. The molecule has 0 bridgehead atoms. The second kappa shape index (κ2) is 10.9. The van der Waals surface area contributed by atoms with Crippen LogP contribution in [0.15, 0.2) is 95.0 Å². The van der Waals surface area contributed by atoms with E-state index in [0.717, 1.165) is 16.2 Å². The van der Waals surface area contributed by atoms with Crippen LogP contribution in [0.2, 0.25) is 0 Å². The van der Waals surface area contributed by atoms with Gasteiger partial charge in [0.05, 0.1) is 18.0 Å². The largest absolute Gasteiger partial charge is 0.492 e. The molecule has 0 spiro atoms. The van der Waals surface area contributed by atoms with Gasteiger partial charge in [-0.3, -0.25) is 19.7 Å². The molecule has 1 aliphatic heterocycles. The molecular weight excluding hydrogens is 524 g/mol. The second-order valence-corrected chi connectivity index (χ2v) is 9.34. The lowest BCUT2D eigenvalue weighted by Crippen LogP contribution is -2.32. The number of imide groups is 1. The first-order valence-electron chi connectivity index (χ1n) is 11.7. The minimum absolute atomic E-state index is 0.0899. The number of para-hydroxylation sites is 2. The molecule has 0 atom stereocenters.